The van der Waals surface area contributed by atoms with Gasteiger partial charge in [-0.05, 0) is 38.6 Å². The highest BCUT2D eigenvalue weighted by Gasteiger charge is 2.44. The molecule has 2 bridgehead atoms. The number of rotatable bonds is 4. The predicted molar refractivity (Wildman–Crippen MR) is 76.1 cm³/mol. The molecule has 2 amide bonds. The molecule has 3 heterocycles. The summed E-state index contributed by atoms with van der Waals surface area (Å²) < 4.78 is 0. The van der Waals surface area contributed by atoms with E-state index >= 15 is 0 Å². The summed E-state index contributed by atoms with van der Waals surface area (Å²) in [6.07, 6.45) is 6.17. The zero-order valence-corrected chi connectivity index (χ0v) is 12.5. The fraction of sp³-hybridized carbons (Fsp3) is 0.867. The summed E-state index contributed by atoms with van der Waals surface area (Å²) in [5, 5.41) is 3.65. The van der Waals surface area contributed by atoms with E-state index in [0.717, 1.165) is 25.8 Å². The number of amides is 2. The SMILES string of the molecule is CCCN(C1CC2CCC(C1)N2)C1CC(=O)N(C)C1=O. The molecule has 112 valence electrons. The van der Waals surface area contributed by atoms with E-state index in [-0.39, 0.29) is 17.9 Å². The summed E-state index contributed by atoms with van der Waals surface area (Å²) in [7, 11) is 1.61. The van der Waals surface area contributed by atoms with Gasteiger partial charge < -0.3 is 5.32 Å². The van der Waals surface area contributed by atoms with Gasteiger partial charge in [-0.15, -0.1) is 0 Å². The molecule has 0 aromatic rings. The first kappa shape index (κ1) is 14.0. The van der Waals surface area contributed by atoms with Gasteiger partial charge in [0.15, 0.2) is 0 Å². The van der Waals surface area contributed by atoms with Gasteiger partial charge >= 0.3 is 0 Å². The first-order chi connectivity index (χ1) is 9.60. The second-order valence-electron chi connectivity index (χ2n) is 6.51. The Hall–Kier alpha value is -0.940. The van der Waals surface area contributed by atoms with E-state index in [0.29, 0.717) is 24.5 Å². The van der Waals surface area contributed by atoms with Gasteiger partial charge in [-0.3, -0.25) is 19.4 Å². The van der Waals surface area contributed by atoms with Gasteiger partial charge in [0, 0.05) is 25.2 Å². The van der Waals surface area contributed by atoms with Crippen molar-refractivity contribution >= 4 is 11.8 Å². The number of hydrogen-bond acceptors (Lipinski definition) is 4. The predicted octanol–water partition coefficient (Wildman–Crippen LogP) is 0.739. The number of nitrogens with one attached hydrogen (secondary N) is 1. The van der Waals surface area contributed by atoms with Crippen LogP contribution in [-0.2, 0) is 9.59 Å². The quantitative estimate of drug-likeness (QED) is 0.771. The monoisotopic (exact) mass is 279 g/mol. The molecule has 3 unspecified atom stereocenters. The first-order valence-corrected chi connectivity index (χ1v) is 7.92. The van der Waals surface area contributed by atoms with E-state index < -0.39 is 0 Å². The summed E-state index contributed by atoms with van der Waals surface area (Å²) in [5.74, 6) is -0.0349. The molecule has 3 rings (SSSR count). The Balaban J connectivity index is 1.75. The summed E-state index contributed by atoms with van der Waals surface area (Å²) >= 11 is 0. The molecule has 5 nitrogen and oxygen atoms in total. The largest absolute Gasteiger partial charge is 0.311 e. The van der Waals surface area contributed by atoms with Crippen LogP contribution in [0.5, 0.6) is 0 Å². The smallest absolute Gasteiger partial charge is 0.246 e. The molecule has 0 saturated carbocycles. The van der Waals surface area contributed by atoms with E-state index in [9.17, 15) is 9.59 Å². The lowest BCUT2D eigenvalue weighted by Gasteiger charge is -2.40. The number of likely N-dealkylation sites (N-methyl/N-ethyl adjacent to an activating group) is 1. The highest BCUT2D eigenvalue weighted by atomic mass is 16.2. The molecule has 3 saturated heterocycles. The van der Waals surface area contributed by atoms with Crippen LogP contribution in [0.3, 0.4) is 0 Å². The minimum atomic E-state index is -0.213. The lowest BCUT2D eigenvalue weighted by molar-refractivity contribution is -0.138. The number of fused-ring (bicyclic) bond motifs is 2. The van der Waals surface area contributed by atoms with E-state index in [1.165, 1.54) is 17.7 Å². The van der Waals surface area contributed by atoms with Crippen LogP contribution in [0.2, 0.25) is 0 Å². The number of carbonyl (C=O) groups excluding carboxylic acids is 2. The molecule has 1 N–H and O–H groups in total. The second-order valence-corrected chi connectivity index (χ2v) is 6.51. The molecule has 0 aromatic heterocycles. The number of piperidine rings is 1. The number of carbonyl (C=O) groups is 2. The van der Waals surface area contributed by atoms with Crippen LogP contribution in [0.1, 0.15) is 45.4 Å². The van der Waals surface area contributed by atoms with Gasteiger partial charge in [-0.25, -0.2) is 0 Å². The van der Waals surface area contributed by atoms with Crippen molar-refractivity contribution in [1.82, 2.24) is 15.1 Å². The Kier molecular flexibility index (Phi) is 3.82. The molecule has 0 aromatic carbocycles. The number of imide groups is 1. The van der Waals surface area contributed by atoms with Crippen LogP contribution in [0, 0.1) is 0 Å². The zero-order valence-electron chi connectivity index (χ0n) is 12.5. The van der Waals surface area contributed by atoms with Crippen molar-refractivity contribution in [1.29, 1.82) is 0 Å². The van der Waals surface area contributed by atoms with Crippen molar-refractivity contribution in [3.05, 3.63) is 0 Å². The topological polar surface area (TPSA) is 52.7 Å². The highest BCUT2D eigenvalue weighted by Crippen LogP contribution is 2.32. The third-order valence-electron chi connectivity index (χ3n) is 5.16. The average Bonchev–Trinajstić information content (AvgIpc) is 2.90. The highest BCUT2D eigenvalue weighted by molar-refractivity contribution is 6.05. The summed E-state index contributed by atoms with van der Waals surface area (Å²) in [6, 6.07) is 1.47. The van der Waals surface area contributed by atoms with Crippen LogP contribution in [0.15, 0.2) is 0 Å². The van der Waals surface area contributed by atoms with Crippen LogP contribution in [0.25, 0.3) is 0 Å². The Morgan fingerprint density at radius 3 is 2.40 bits per heavy atom. The molecule has 0 aliphatic carbocycles. The van der Waals surface area contributed by atoms with E-state index in [4.69, 9.17) is 0 Å². The molecule has 0 radical (unpaired) electrons. The normalized spacial score (nSPS) is 37.2. The third kappa shape index (κ3) is 2.37. The lowest BCUT2D eigenvalue weighted by Crippen LogP contribution is -2.53. The van der Waals surface area contributed by atoms with Crippen molar-refractivity contribution in [2.24, 2.45) is 0 Å². The molecule has 3 atom stereocenters. The first-order valence-electron chi connectivity index (χ1n) is 7.92. The van der Waals surface area contributed by atoms with Crippen molar-refractivity contribution in [3.63, 3.8) is 0 Å². The molecule has 5 heteroatoms. The fourth-order valence-electron chi connectivity index (χ4n) is 4.14. The number of nitrogens with zero attached hydrogens (tertiary/aromatic N) is 2. The van der Waals surface area contributed by atoms with E-state index in [2.05, 4.69) is 17.1 Å². The van der Waals surface area contributed by atoms with Gasteiger partial charge in [-0.2, -0.15) is 0 Å². The number of likely N-dealkylation sites (tertiary alicyclic amines) is 1. The van der Waals surface area contributed by atoms with Crippen LogP contribution in [0.4, 0.5) is 0 Å². The summed E-state index contributed by atoms with van der Waals surface area (Å²) in [5.41, 5.74) is 0. The van der Waals surface area contributed by atoms with Crippen molar-refractivity contribution in [2.45, 2.75) is 69.6 Å². The van der Waals surface area contributed by atoms with Crippen molar-refractivity contribution in [2.75, 3.05) is 13.6 Å². The van der Waals surface area contributed by atoms with Gasteiger partial charge in [0.25, 0.3) is 0 Å². The standard InChI is InChI=1S/C15H25N3O2/c1-3-6-18(13-9-14(19)17(2)15(13)20)12-7-10-4-5-11(8-12)16-10/h10-13,16H,3-9H2,1-2H3. The average molecular weight is 279 g/mol. The molecular formula is C15H25N3O2. The number of hydrogen-bond donors (Lipinski definition) is 1. The summed E-state index contributed by atoms with van der Waals surface area (Å²) in [4.78, 5) is 27.7. The molecule has 3 fully saturated rings. The maximum absolute atomic E-state index is 12.3. The minimum Gasteiger partial charge on any atom is -0.311 e. The van der Waals surface area contributed by atoms with E-state index in [1.54, 1.807) is 7.05 Å². The Morgan fingerprint density at radius 1 is 1.25 bits per heavy atom. The van der Waals surface area contributed by atoms with Crippen LogP contribution in [-0.4, -0.2) is 59.4 Å². The second kappa shape index (κ2) is 5.45. The Labute approximate surface area is 120 Å². The third-order valence-corrected chi connectivity index (χ3v) is 5.16. The van der Waals surface area contributed by atoms with Crippen molar-refractivity contribution in [3.8, 4) is 0 Å². The minimum absolute atomic E-state index is 0.00525. The zero-order chi connectivity index (χ0) is 14.3. The Bertz CT molecular complexity index is 400. The molecule has 20 heavy (non-hydrogen) atoms. The molecule has 0 spiro atoms. The van der Waals surface area contributed by atoms with Crippen LogP contribution < -0.4 is 5.32 Å². The van der Waals surface area contributed by atoms with E-state index in [1.807, 2.05) is 0 Å². The molecule has 3 aliphatic rings. The van der Waals surface area contributed by atoms with Crippen molar-refractivity contribution < 1.29 is 9.59 Å². The Morgan fingerprint density at radius 2 is 1.90 bits per heavy atom. The maximum atomic E-state index is 12.3. The lowest BCUT2D eigenvalue weighted by atomic mass is 9.96. The van der Waals surface area contributed by atoms with Gasteiger partial charge in [0.05, 0.1) is 12.5 Å². The maximum Gasteiger partial charge on any atom is 0.246 e. The fourth-order valence-corrected chi connectivity index (χ4v) is 4.14. The molecule has 3 aliphatic heterocycles. The molecular weight excluding hydrogens is 254 g/mol. The van der Waals surface area contributed by atoms with Gasteiger partial charge in [0.1, 0.15) is 0 Å². The van der Waals surface area contributed by atoms with Crippen LogP contribution >= 0.6 is 0 Å². The van der Waals surface area contributed by atoms with Gasteiger partial charge in [0.2, 0.25) is 11.8 Å². The van der Waals surface area contributed by atoms with Gasteiger partial charge in [-0.1, -0.05) is 6.92 Å². The summed E-state index contributed by atoms with van der Waals surface area (Å²) in [6.45, 7) is 3.06.